The van der Waals surface area contributed by atoms with Gasteiger partial charge in [-0.2, -0.15) is 0 Å². The van der Waals surface area contributed by atoms with Crippen LogP contribution in [-0.4, -0.2) is 15.0 Å². The van der Waals surface area contributed by atoms with Gasteiger partial charge in [0.15, 0.2) is 0 Å². The topological polar surface area (TPSA) is 38.7 Å². The minimum atomic E-state index is 0.916. The number of fused-ring (bicyclic) bond motifs is 5. The second-order valence-electron chi connectivity index (χ2n) is 8.91. The highest BCUT2D eigenvalue weighted by molar-refractivity contribution is 6.22. The molecule has 0 fully saturated rings. The zero-order valence-corrected chi connectivity index (χ0v) is 19.5. The molecule has 0 saturated carbocycles. The van der Waals surface area contributed by atoms with E-state index in [0.717, 1.165) is 44.7 Å². The Balaban J connectivity index is 1.37. The smallest absolute Gasteiger partial charge is 0.0788 e. The number of hydrogen-bond acceptors (Lipinski definition) is 3. The van der Waals surface area contributed by atoms with Gasteiger partial charge in [0.25, 0.3) is 0 Å². The average Bonchev–Trinajstić information content (AvgIpc) is 2.97. The molecule has 3 heteroatoms. The lowest BCUT2D eigenvalue weighted by Crippen LogP contribution is -1.92. The van der Waals surface area contributed by atoms with E-state index < -0.39 is 0 Å². The van der Waals surface area contributed by atoms with E-state index in [1.165, 1.54) is 21.5 Å². The molecule has 0 aliphatic rings. The molecule has 0 aliphatic heterocycles. The van der Waals surface area contributed by atoms with Crippen molar-refractivity contribution in [2.45, 2.75) is 0 Å². The largest absolute Gasteiger partial charge is 0.264 e. The Labute approximate surface area is 208 Å². The first-order chi connectivity index (χ1) is 17.8. The first-order valence-corrected chi connectivity index (χ1v) is 12.0. The zero-order chi connectivity index (χ0) is 23.9. The second-order valence-corrected chi connectivity index (χ2v) is 8.91. The third-order valence-corrected chi connectivity index (χ3v) is 6.75. The van der Waals surface area contributed by atoms with Crippen molar-refractivity contribution in [2.75, 3.05) is 0 Å². The number of benzene rings is 4. The lowest BCUT2D eigenvalue weighted by atomic mass is 9.95. The van der Waals surface area contributed by atoms with Crippen LogP contribution >= 0.6 is 0 Å². The second kappa shape index (κ2) is 8.40. The molecule has 7 aromatic rings. The third-order valence-electron chi connectivity index (χ3n) is 6.75. The Morgan fingerprint density at radius 1 is 0.444 bits per heavy atom. The van der Waals surface area contributed by atoms with Gasteiger partial charge in [0.05, 0.1) is 22.6 Å². The number of hydrogen-bond donors (Lipinski definition) is 0. The highest BCUT2D eigenvalue weighted by Crippen LogP contribution is 2.37. The molecule has 0 atom stereocenters. The molecular formula is C33H21N3. The molecule has 0 spiro atoms. The highest BCUT2D eigenvalue weighted by atomic mass is 14.7. The van der Waals surface area contributed by atoms with Crippen LogP contribution in [0.1, 0.15) is 0 Å². The van der Waals surface area contributed by atoms with Crippen LogP contribution in [0.2, 0.25) is 0 Å². The average molecular weight is 460 g/mol. The van der Waals surface area contributed by atoms with Gasteiger partial charge < -0.3 is 0 Å². The van der Waals surface area contributed by atoms with Gasteiger partial charge in [-0.25, -0.2) is 9.97 Å². The molecule has 36 heavy (non-hydrogen) atoms. The maximum absolute atomic E-state index is 5.11. The summed E-state index contributed by atoms with van der Waals surface area (Å²) in [5.74, 6) is 0. The van der Waals surface area contributed by atoms with Gasteiger partial charge in [-0.3, -0.25) is 4.98 Å². The predicted octanol–water partition coefficient (Wildman–Crippen LogP) is 8.33. The van der Waals surface area contributed by atoms with Crippen molar-refractivity contribution in [3.8, 4) is 33.8 Å². The van der Waals surface area contributed by atoms with Crippen LogP contribution in [0.4, 0.5) is 0 Å². The maximum atomic E-state index is 5.11. The van der Waals surface area contributed by atoms with Gasteiger partial charge in [0.2, 0.25) is 0 Å². The summed E-state index contributed by atoms with van der Waals surface area (Å²) in [6.07, 6.45) is 3.62. The Kier molecular flexibility index (Phi) is 4.78. The molecule has 4 aromatic carbocycles. The molecule has 0 radical (unpaired) electrons. The van der Waals surface area contributed by atoms with Crippen molar-refractivity contribution in [3.05, 3.63) is 128 Å². The molecule has 7 rings (SSSR count). The Morgan fingerprint density at radius 3 is 2.03 bits per heavy atom. The van der Waals surface area contributed by atoms with Crippen molar-refractivity contribution >= 4 is 32.4 Å². The van der Waals surface area contributed by atoms with Crippen LogP contribution in [0, 0.1) is 0 Å². The minimum absolute atomic E-state index is 0.916. The monoisotopic (exact) mass is 459 g/mol. The van der Waals surface area contributed by atoms with Crippen LogP contribution in [-0.2, 0) is 0 Å². The van der Waals surface area contributed by atoms with Crippen molar-refractivity contribution in [3.63, 3.8) is 0 Å². The fourth-order valence-electron chi connectivity index (χ4n) is 5.01. The van der Waals surface area contributed by atoms with E-state index in [-0.39, 0.29) is 0 Å². The molecule has 0 amide bonds. The fourth-order valence-corrected chi connectivity index (χ4v) is 5.01. The lowest BCUT2D eigenvalue weighted by Gasteiger charge is -2.13. The summed E-state index contributed by atoms with van der Waals surface area (Å²) >= 11 is 0. The standard InChI is InChI=1S/C33H21N3/c1-2-9-26-22(7-1)18-19-28-32(26)27-10-3-4-11-31(27)36-33(28)24-16-14-23(15-17-24)29-12-5-13-30(35-29)25-8-6-20-34-21-25/h1-21H. The van der Waals surface area contributed by atoms with Crippen LogP contribution in [0.25, 0.3) is 66.2 Å². The third kappa shape index (κ3) is 3.41. The molecular weight excluding hydrogens is 438 g/mol. The first-order valence-electron chi connectivity index (χ1n) is 12.0. The summed E-state index contributed by atoms with van der Waals surface area (Å²) in [6.45, 7) is 0. The maximum Gasteiger partial charge on any atom is 0.0788 e. The molecule has 168 valence electrons. The van der Waals surface area contributed by atoms with Gasteiger partial charge in [0, 0.05) is 45.2 Å². The molecule has 0 bridgehead atoms. The number of pyridine rings is 3. The summed E-state index contributed by atoms with van der Waals surface area (Å²) < 4.78 is 0. The van der Waals surface area contributed by atoms with E-state index in [2.05, 4.69) is 89.9 Å². The Morgan fingerprint density at radius 2 is 1.19 bits per heavy atom. The molecule has 0 unspecified atom stereocenters. The predicted molar refractivity (Wildman–Crippen MR) is 149 cm³/mol. The van der Waals surface area contributed by atoms with E-state index >= 15 is 0 Å². The van der Waals surface area contributed by atoms with Crippen molar-refractivity contribution in [1.82, 2.24) is 15.0 Å². The molecule has 3 nitrogen and oxygen atoms in total. The summed E-state index contributed by atoms with van der Waals surface area (Å²) in [5.41, 5.74) is 7.02. The van der Waals surface area contributed by atoms with Crippen molar-refractivity contribution in [2.24, 2.45) is 0 Å². The van der Waals surface area contributed by atoms with E-state index in [1.54, 1.807) is 6.20 Å². The molecule has 3 heterocycles. The SMILES string of the molecule is c1cncc(-c2cccc(-c3ccc(-c4nc5ccccc5c5c4ccc4ccccc45)cc3)n2)c1. The number of rotatable bonds is 3. The quantitative estimate of drug-likeness (QED) is 0.249. The summed E-state index contributed by atoms with van der Waals surface area (Å²) in [4.78, 5) is 14.2. The fraction of sp³-hybridized carbons (Fsp3) is 0. The van der Waals surface area contributed by atoms with Crippen LogP contribution in [0.15, 0.2) is 128 Å². The molecule has 0 N–H and O–H groups in total. The summed E-state index contributed by atoms with van der Waals surface area (Å²) in [7, 11) is 0. The minimum Gasteiger partial charge on any atom is -0.264 e. The number of aromatic nitrogens is 3. The van der Waals surface area contributed by atoms with Crippen LogP contribution in [0.5, 0.6) is 0 Å². The van der Waals surface area contributed by atoms with Gasteiger partial charge >= 0.3 is 0 Å². The first kappa shape index (κ1) is 20.5. The van der Waals surface area contributed by atoms with Gasteiger partial charge in [0.1, 0.15) is 0 Å². The van der Waals surface area contributed by atoms with Crippen molar-refractivity contribution in [1.29, 1.82) is 0 Å². The normalized spacial score (nSPS) is 11.3. The van der Waals surface area contributed by atoms with E-state index in [0.29, 0.717) is 0 Å². The van der Waals surface area contributed by atoms with E-state index in [4.69, 9.17) is 9.97 Å². The molecule has 0 saturated heterocycles. The van der Waals surface area contributed by atoms with E-state index in [9.17, 15) is 0 Å². The Bertz CT molecular complexity index is 1860. The Hall–Kier alpha value is -4.89. The molecule has 0 aliphatic carbocycles. The highest BCUT2D eigenvalue weighted by Gasteiger charge is 2.13. The summed E-state index contributed by atoms with van der Waals surface area (Å²) in [5, 5.41) is 6.09. The summed E-state index contributed by atoms with van der Waals surface area (Å²) in [6, 6.07) is 40.0. The van der Waals surface area contributed by atoms with Gasteiger partial charge in [-0.05, 0) is 41.1 Å². The van der Waals surface area contributed by atoms with Gasteiger partial charge in [-0.1, -0.05) is 84.9 Å². The number of para-hydroxylation sites is 1. The van der Waals surface area contributed by atoms with Crippen LogP contribution < -0.4 is 0 Å². The van der Waals surface area contributed by atoms with Crippen molar-refractivity contribution < 1.29 is 0 Å². The van der Waals surface area contributed by atoms with E-state index in [1.807, 2.05) is 36.5 Å². The van der Waals surface area contributed by atoms with Crippen LogP contribution in [0.3, 0.4) is 0 Å². The number of nitrogens with zero attached hydrogens (tertiary/aromatic N) is 3. The van der Waals surface area contributed by atoms with Gasteiger partial charge in [-0.15, -0.1) is 0 Å². The lowest BCUT2D eigenvalue weighted by molar-refractivity contribution is 1.28. The molecule has 3 aromatic heterocycles. The zero-order valence-electron chi connectivity index (χ0n) is 19.5.